The van der Waals surface area contributed by atoms with Crippen LogP contribution in [0.1, 0.15) is 43.3 Å². The van der Waals surface area contributed by atoms with E-state index in [2.05, 4.69) is 20.0 Å². The molecule has 0 saturated carbocycles. The molecule has 1 aromatic carbocycles. The number of rotatable bonds is 4. The summed E-state index contributed by atoms with van der Waals surface area (Å²) < 4.78 is 31.4. The highest BCUT2D eigenvalue weighted by Crippen LogP contribution is 2.26. The molecule has 0 saturated heterocycles. The Morgan fingerprint density at radius 1 is 1.29 bits per heavy atom. The van der Waals surface area contributed by atoms with E-state index in [1.165, 1.54) is 0 Å². The van der Waals surface area contributed by atoms with Crippen molar-refractivity contribution in [3.8, 4) is 5.75 Å². The molecule has 1 N–H and O–H groups in total. The van der Waals surface area contributed by atoms with Crippen LogP contribution in [0.15, 0.2) is 17.2 Å². The normalized spacial score (nSPS) is 12.3. The zero-order valence-electron chi connectivity index (χ0n) is 14.2. The van der Waals surface area contributed by atoms with Crippen LogP contribution in [0.2, 0.25) is 0 Å². The number of aromatic nitrogens is 3. The fraction of sp³-hybridized carbons (Fsp3) is 0.438. The molecule has 0 aliphatic carbocycles. The summed E-state index contributed by atoms with van der Waals surface area (Å²) in [7, 11) is 0. The van der Waals surface area contributed by atoms with Crippen molar-refractivity contribution in [2.24, 2.45) is 5.10 Å². The quantitative estimate of drug-likeness (QED) is 0.656. The van der Waals surface area contributed by atoms with Crippen molar-refractivity contribution in [3.63, 3.8) is 0 Å². The van der Waals surface area contributed by atoms with E-state index in [4.69, 9.17) is 12.2 Å². The Morgan fingerprint density at radius 2 is 1.88 bits per heavy atom. The second-order valence-electron chi connectivity index (χ2n) is 6.52. The van der Waals surface area contributed by atoms with E-state index >= 15 is 0 Å². The van der Waals surface area contributed by atoms with Crippen molar-refractivity contribution in [1.82, 2.24) is 14.9 Å². The third-order valence-corrected chi connectivity index (χ3v) is 3.60. The number of benzene rings is 1. The number of aromatic amines is 1. The average molecular weight is 354 g/mol. The lowest BCUT2D eigenvalue weighted by Crippen LogP contribution is -2.17. The minimum Gasteiger partial charge on any atom is -0.434 e. The summed E-state index contributed by atoms with van der Waals surface area (Å²) in [5.74, 6) is 0.896. The molecule has 24 heavy (non-hydrogen) atoms. The zero-order valence-corrected chi connectivity index (χ0v) is 15.0. The van der Waals surface area contributed by atoms with E-state index in [9.17, 15) is 8.78 Å². The van der Waals surface area contributed by atoms with Crippen molar-refractivity contribution in [3.05, 3.63) is 39.4 Å². The standard InChI is InChI=1S/C16H20F2N4OS/c1-9-6-11(7-10(2)12(9)23-14(17)18)8-19-22-13(16(3,4)5)20-21-15(22)24/h6-8,14H,1-5H3,(H,21,24)/b19-8-. The molecule has 130 valence electrons. The lowest BCUT2D eigenvalue weighted by molar-refractivity contribution is -0.0507. The summed E-state index contributed by atoms with van der Waals surface area (Å²) in [6.45, 7) is 6.61. The minimum absolute atomic E-state index is 0.192. The molecule has 2 aromatic rings. The SMILES string of the molecule is Cc1cc(/C=N\n2c(C(C)(C)C)n[nH]c2=S)cc(C)c1OC(F)F. The number of halogens is 2. The topological polar surface area (TPSA) is 55.2 Å². The first kappa shape index (κ1) is 18.3. The minimum atomic E-state index is -2.85. The Morgan fingerprint density at radius 3 is 2.38 bits per heavy atom. The number of ether oxygens (including phenoxy) is 1. The smallest absolute Gasteiger partial charge is 0.387 e. The molecule has 1 heterocycles. The number of alkyl halides is 2. The van der Waals surface area contributed by atoms with Gasteiger partial charge in [0.1, 0.15) is 5.75 Å². The van der Waals surface area contributed by atoms with Gasteiger partial charge in [0.25, 0.3) is 0 Å². The third kappa shape index (κ3) is 4.05. The summed E-state index contributed by atoms with van der Waals surface area (Å²) in [6.07, 6.45) is 1.62. The maximum atomic E-state index is 12.4. The largest absolute Gasteiger partial charge is 0.434 e. The summed E-state index contributed by atoms with van der Waals surface area (Å²) in [6, 6.07) is 3.46. The third-order valence-electron chi connectivity index (χ3n) is 3.33. The maximum Gasteiger partial charge on any atom is 0.387 e. The van der Waals surface area contributed by atoms with Gasteiger partial charge in [0.05, 0.1) is 6.21 Å². The van der Waals surface area contributed by atoms with Crippen LogP contribution in [-0.4, -0.2) is 27.7 Å². The van der Waals surface area contributed by atoms with Crippen LogP contribution in [0, 0.1) is 18.6 Å². The number of nitrogens with one attached hydrogen (secondary N) is 1. The van der Waals surface area contributed by atoms with E-state index in [0.717, 1.165) is 5.56 Å². The molecule has 0 atom stereocenters. The Kier molecular flexibility index (Phi) is 5.17. The van der Waals surface area contributed by atoms with Crippen molar-refractivity contribution in [2.75, 3.05) is 0 Å². The molecular formula is C16H20F2N4OS. The molecule has 0 aliphatic heterocycles. The molecule has 1 aromatic heterocycles. The second-order valence-corrected chi connectivity index (χ2v) is 6.91. The molecule has 0 spiro atoms. The van der Waals surface area contributed by atoms with Crippen LogP contribution >= 0.6 is 12.2 Å². The summed E-state index contributed by atoms with van der Waals surface area (Å²) >= 11 is 5.20. The highest BCUT2D eigenvalue weighted by Gasteiger charge is 2.21. The van der Waals surface area contributed by atoms with E-state index in [1.807, 2.05) is 20.8 Å². The van der Waals surface area contributed by atoms with Gasteiger partial charge in [-0.1, -0.05) is 20.8 Å². The van der Waals surface area contributed by atoms with Crippen molar-refractivity contribution < 1.29 is 13.5 Å². The van der Waals surface area contributed by atoms with Crippen molar-refractivity contribution in [1.29, 1.82) is 0 Å². The van der Waals surface area contributed by atoms with Gasteiger partial charge in [-0.2, -0.15) is 23.7 Å². The molecular weight excluding hydrogens is 334 g/mol. The number of nitrogens with zero attached hydrogens (tertiary/aromatic N) is 3. The Labute approximate surface area is 144 Å². The van der Waals surface area contributed by atoms with Crippen LogP contribution in [-0.2, 0) is 5.41 Å². The number of hydrogen-bond donors (Lipinski definition) is 1. The van der Waals surface area contributed by atoms with Crippen LogP contribution in [0.3, 0.4) is 0 Å². The second kappa shape index (κ2) is 6.80. The van der Waals surface area contributed by atoms with E-state index in [0.29, 0.717) is 21.7 Å². The Hall–Kier alpha value is -2.09. The monoisotopic (exact) mass is 354 g/mol. The number of hydrogen-bond acceptors (Lipinski definition) is 4. The molecule has 0 aliphatic rings. The highest BCUT2D eigenvalue weighted by atomic mass is 32.1. The van der Waals surface area contributed by atoms with E-state index < -0.39 is 6.61 Å². The first-order valence-corrected chi connectivity index (χ1v) is 7.78. The lowest BCUT2D eigenvalue weighted by Gasteiger charge is -2.16. The molecule has 5 nitrogen and oxygen atoms in total. The van der Waals surface area contributed by atoms with Gasteiger partial charge < -0.3 is 4.74 Å². The van der Waals surface area contributed by atoms with E-state index in [1.54, 1.807) is 36.9 Å². The zero-order chi connectivity index (χ0) is 18.1. The summed E-state index contributed by atoms with van der Waals surface area (Å²) in [4.78, 5) is 0. The van der Waals surface area contributed by atoms with Gasteiger partial charge in [0, 0.05) is 5.41 Å². The number of H-pyrrole nitrogens is 1. The van der Waals surface area contributed by atoms with Gasteiger partial charge in [0.15, 0.2) is 5.82 Å². The maximum absolute atomic E-state index is 12.4. The summed E-state index contributed by atoms with van der Waals surface area (Å²) in [5, 5.41) is 11.3. The van der Waals surface area contributed by atoms with Gasteiger partial charge >= 0.3 is 6.61 Å². The fourth-order valence-corrected chi connectivity index (χ4v) is 2.52. The van der Waals surface area contributed by atoms with E-state index in [-0.39, 0.29) is 11.2 Å². The Bertz CT molecular complexity index is 795. The van der Waals surface area contributed by atoms with Gasteiger partial charge in [-0.15, -0.1) is 0 Å². The first-order valence-electron chi connectivity index (χ1n) is 7.38. The molecule has 8 heteroatoms. The highest BCUT2D eigenvalue weighted by molar-refractivity contribution is 7.71. The average Bonchev–Trinajstić information content (AvgIpc) is 2.81. The fourth-order valence-electron chi connectivity index (χ4n) is 2.34. The van der Waals surface area contributed by atoms with Gasteiger partial charge in [-0.05, 0) is 54.9 Å². The molecule has 0 bridgehead atoms. The van der Waals surface area contributed by atoms with Gasteiger partial charge in [0.2, 0.25) is 4.77 Å². The Balaban J connectivity index is 2.38. The first-order chi connectivity index (χ1) is 11.1. The van der Waals surface area contributed by atoms with Crippen LogP contribution in [0.25, 0.3) is 0 Å². The predicted octanol–water partition coefficient (Wildman–Crippen LogP) is 4.34. The molecule has 0 radical (unpaired) electrons. The predicted molar refractivity (Wildman–Crippen MR) is 91.7 cm³/mol. The molecule has 0 amide bonds. The molecule has 0 unspecified atom stereocenters. The van der Waals surface area contributed by atoms with Crippen LogP contribution in [0.4, 0.5) is 8.78 Å². The summed E-state index contributed by atoms with van der Waals surface area (Å²) in [5.41, 5.74) is 1.76. The van der Waals surface area contributed by atoms with Crippen molar-refractivity contribution >= 4 is 18.4 Å². The number of aryl methyl sites for hydroxylation is 2. The van der Waals surface area contributed by atoms with Crippen LogP contribution in [0.5, 0.6) is 5.75 Å². The lowest BCUT2D eigenvalue weighted by atomic mass is 9.96. The molecule has 0 fully saturated rings. The molecule has 2 rings (SSSR count). The van der Waals surface area contributed by atoms with Crippen LogP contribution < -0.4 is 4.74 Å². The van der Waals surface area contributed by atoms with Gasteiger partial charge in [-0.3, -0.25) is 5.10 Å². The van der Waals surface area contributed by atoms with Gasteiger partial charge in [-0.25, -0.2) is 0 Å². The van der Waals surface area contributed by atoms with Crippen molar-refractivity contribution in [2.45, 2.75) is 46.6 Å².